The van der Waals surface area contributed by atoms with Crippen LogP contribution in [0.15, 0.2) is 24.3 Å². The summed E-state index contributed by atoms with van der Waals surface area (Å²) in [4.78, 5) is 11.2. The van der Waals surface area contributed by atoms with Crippen LogP contribution in [0.4, 0.5) is 5.69 Å². The van der Waals surface area contributed by atoms with E-state index in [9.17, 15) is 4.79 Å². The topological polar surface area (TPSA) is 52.9 Å². The number of nitrogens with zero attached hydrogens (tertiary/aromatic N) is 1. The molecule has 1 amide bonds. The van der Waals surface area contributed by atoms with E-state index >= 15 is 0 Å². The van der Waals surface area contributed by atoms with E-state index in [1.54, 1.807) is 0 Å². The number of anilines is 1. The van der Waals surface area contributed by atoms with Crippen molar-refractivity contribution < 1.29 is 4.79 Å². The van der Waals surface area contributed by atoms with E-state index in [0.29, 0.717) is 5.92 Å². The lowest BCUT2D eigenvalue weighted by Crippen LogP contribution is -2.09. The molecule has 1 aromatic rings. The molecule has 0 saturated heterocycles. The largest absolute Gasteiger partial charge is 0.325 e. The van der Waals surface area contributed by atoms with Crippen molar-refractivity contribution in [2.45, 2.75) is 32.6 Å². The molecule has 3 heteroatoms. The molecule has 1 aromatic carbocycles. The molecule has 16 heavy (non-hydrogen) atoms. The SMILES string of the molecule is CC[C@H](C)c1ccc(NC(=O)CC#N)cc1. The standard InChI is InChI=1S/C13H16N2O/c1-3-10(2)11-4-6-12(7-5-11)15-13(16)8-9-14/h4-7,10H,3,8H2,1-2H3,(H,15,16)/t10-/m0/s1. The fourth-order valence-electron chi connectivity index (χ4n) is 1.41. The Morgan fingerprint density at radius 3 is 2.56 bits per heavy atom. The average Bonchev–Trinajstić information content (AvgIpc) is 2.29. The zero-order valence-corrected chi connectivity index (χ0v) is 9.66. The number of carbonyl (C=O) groups excluding carboxylic acids is 1. The van der Waals surface area contributed by atoms with Gasteiger partial charge in [-0.1, -0.05) is 26.0 Å². The minimum atomic E-state index is -0.265. The first-order valence-corrected chi connectivity index (χ1v) is 5.44. The van der Waals surface area contributed by atoms with Crippen LogP contribution < -0.4 is 5.32 Å². The third-order valence-corrected chi connectivity index (χ3v) is 2.62. The molecule has 3 nitrogen and oxygen atoms in total. The van der Waals surface area contributed by atoms with E-state index in [0.717, 1.165) is 12.1 Å². The Kier molecular flexibility index (Phi) is 4.53. The van der Waals surface area contributed by atoms with Crippen LogP contribution >= 0.6 is 0 Å². The van der Waals surface area contributed by atoms with Crippen LogP contribution in [-0.2, 0) is 4.79 Å². The zero-order valence-electron chi connectivity index (χ0n) is 9.66. The van der Waals surface area contributed by atoms with Gasteiger partial charge in [0.15, 0.2) is 0 Å². The highest BCUT2D eigenvalue weighted by molar-refractivity contribution is 5.91. The van der Waals surface area contributed by atoms with Crippen LogP contribution in [0.5, 0.6) is 0 Å². The lowest BCUT2D eigenvalue weighted by molar-refractivity contribution is -0.115. The van der Waals surface area contributed by atoms with Crippen molar-refractivity contribution in [1.29, 1.82) is 5.26 Å². The monoisotopic (exact) mass is 216 g/mol. The molecule has 0 bridgehead atoms. The van der Waals surface area contributed by atoms with Gasteiger partial charge in [0.2, 0.25) is 5.91 Å². The van der Waals surface area contributed by atoms with Crippen molar-refractivity contribution in [2.24, 2.45) is 0 Å². The lowest BCUT2D eigenvalue weighted by atomic mass is 9.99. The van der Waals surface area contributed by atoms with E-state index < -0.39 is 0 Å². The smallest absolute Gasteiger partial charge is 0.238 e. The molecule has 1 rings (SSSR count). The highest BCUT2D eigenvalue weighted by atomic mass is 16.1. The summed E-state index contributed by atoms with van der Waals surface area (Å²) in [5.41, 5.74) is 2.01. The summed E-state index contributed by atoms with van der Waals surface area (Å²) in [6.45, 7) is 4.32. The minimum absolute atomic E-state index is 0.104. The highest BCUT2D eigenvalue weighted by Crippen LogP contribution is 2.20. The van der Waals surface area contributed by atoms with Crippen molar-refractivity contribution in [1.82, 2.24) is 0 Å². The van der Waals surface area contributed by atoms with E-state index in [4.69, 9.17) is 5.26 Å². The summed E-state index contributed by atoms with van der Waals surface area (Å²) >= 11 is 0. The maximum absolute atomic E-state index is 11.2. The second-order valence-corrected chi connectivity index (χ2v) is 3.81. The quantitative estimate of drug-likeness (QED) is 0.841. The van der Waals surface area contributed by atoms with Crippen LogP contribution in [-0.4, -0.2) is 5.91 Å². The molecule has 0 saturated carbocycles. The maximum Gasteiger partial charge on any atom is 0.238 e. The number of benzene rings is 1. The highest BCUT2D eigenvalue weighted by Gasteiger charge is 2.04. The van der Waals surface area contributed by atoms with Gasteiger partial charge < -0.3 is 5.32 Å². The summed E-state index contributed by atoms with van der Waals surface area (Å²) in [6.07, 6.45) is 0.993. The predicted molar refractivity (Wildman–Crippen MR) is 64.0 cm³/mol. The molecule has 0 aliphatic carbocycles. The molecular formula is C13H16N2O. The van der Waals surface area contributed by atoms with Gasteiger partial charge in [-0.05, 0) is 30.0 Å². The number of rotatable bonds is 4. The van der Waals surface area contributed by atoms with Gasteiger partial charge in [-0.3, -0.25) is 4.79 Å². The van der Waals surface area contributed by atoms with Gasteiger partial charge in [-0.25, -0.2) is 0 Å². The summed E-state index contributed by atoms with van der Waals surface area (Å²) in [5.74, 6) is 0.266. The van der Waals surface area contributed by atoms with Crippen LogP contribution in [0.25, 0.3) is 0 Å². The Balaban J connectivity index is 2.65. The average molecular weight is 216 g/mol. The Labute approximate surface area is 96.1 Å². The number of amides is 1. The molecule has 0 aliphatic rings. The first kappa shape index (κ1) is 12.3. The van der Waals surface area contributed by atoms with Gasteiger partial charge in [0, 0.05) is 5.69 Å². The molecular weight excluding hydrogens is 200 g/mol. The van der Waals surface area contributed by atoms with Gasteiger partial charge in [0.25, 0.3) is 0 Å². The van der Waals surface area contributed by atoms with Gasteiger partial charge >= 0.3 is 0 Å². The third-order valence-electron chi connectivity index (χ3n) is 2.62. The fourth-order valence-corrected chi connectivity index (χ4v) is 1.41. The minimum Gasteiger partial charge on any atom is -0.325 e. The van der Waals surface area contributed by atoms with Gasteiger partial charge in [0.1, 0.15) is 6.42 Å². The Morgan fingerprint density at radius 1 is 1.44 bits per heavy atom. The van der Waals surface area contributed by atoms with E-state index in [-0.39, 0.29) is 12.3 Å². The summed E-state index contributed by atoms with van der Waals surface area (Å²) in [5, 5.41) is 11.0. The Hall–Kier alpha value is -1.82. The van der Waals surface area contributed by atoms with E-state index in [1.165, 1.54) is 5.56 Å². The summed E-state index contributed by atoms with van der Waals surface area (Å²) in [7, 11) is 0. The van der Waals surface area contributed by atoms with Crippen molar-refractivity contribution in [3.63, 3.8) is 0 Å². The first-order chi connectivity index (χ1) is 7.67. The fraction of sp³-hybridized carbons (Fsp3) is 0.385. The van der Waals surface area contributed by atoms with E-state index in [2.05, 4.69) is 19.2 Å². The van der Waals surface area contributed by atoms with Gasteiger partial charge in [-0.15, -0.1) is 0 Å². The predicted octanol–water partition coefficient (Wildman–Crippen LogP) is 3.05. The normalized spacial score (nSPS) is 11.6. The Morgan fingerprint density at radius 2 is 2.06 bits per heavy atom. The van der Waals surface area contributed by atoms with Crippen molar-refractivity contribution >= 4 is 11.6 Å². The second kappa shape index (κ2) is 5.92. The lowest BCUT2D eigenvalue weighted by Gasteiger charge is -2.09. The number of hydrogen-bond acceptors (Lipinski definition) is 2. The number of carbonyl (C=O) groups is 1. The molecule has 0 heterocycles. The molecule has 84 valence electrons. The zero-order chi connectivity index (χ0) is 12.0. The number of hydrogen-bond donors (Lipinski definition) is 1. The first-order valence-electron chi connectivity index (χ1n) is 5.44. The van der Waals surface area contributed by atoms with Crippen LogP contribution in [0.2, 0.25) is 0 Å². The van der Waals surface area contributed by atoms with Crippen LogP contribution in [0, 0.1) is 11.3 Å². The third kappa shape index (κ3) is 3.39. The molecule has 1 N–H and O–H groups in total. The molecule has 0 unspecified atom stereocenters. The van der Waals surface area contributed by atoms with Gasteiger partial charge in [-0.2, -0.15) is 5.26 Å². The number of nitrogens with one attached hydrogen (secondary N) is 1. The molecule has 0 radical (unpaired) electrons. The van der Waals surface area contributed by atoms with Crippen LogP contribution in [0.3, 0.4) is 0 Å². The molecule has 0 aliphatic heterocycles. The van der Waals surface area contributed by atoms with Crippen molar-refractivity contribution in [3.05, 3.63) is 29.8 Å². The summed E-state index contributed by atoms with van der Waals surface area (Å²) < 4.78 is 0. The maximum atomic E-state index is 11.2. The number of nitriles is 1. The Bertz CT molecular complexity index is 389. The van der Waals surface area contributed by atoms with Crippen LogP contribution in [0.1, 0.15) is 38.2 Å². The second-order valence-electron chi connectivity index (χ2n) is 3.81. The molecule has 0 aromatic heterocycles. The molecule has 1 atom stereocenters. The van der Waals surface area contributed by atoms with Gasteiger partial charge in [0.05, 0.1) is 6.07 Å². The summed E-state index contributed by atoms with van der Waals surface area (Å²) in [6, 6.07) is 9.58. The van der Waals surface area contributed by atoms with Crippen molar-refractivity contribution in [3.8, 4) is 6.07 Å². The van der Waals surface area contributed by atoms with Crippen molar-refractivity contribution in [2.75, 3.05) is 5.32 Å². The van der Waals surface area contributed by atoms with E-state index in [1.807, 2.05) is 30.3 Å². The molecule has 0 spiro atoms. The molecule has 0 fully saturated rings.